The molecule has 0 rings (SSSR count). The summed E-state index contributed by atoms with van der Waals surface area (Å²) in [6.45, 7) is 5.42. The Morgan fingerprint density at radius 3 is 2.29 bits per heavy atom. The van der Waals surface area contributed by atoms with Crippen LogP contribution in [-0.2, 0) is 19.1 Å². The first-order chi connectivity index (χ1) is 6.37. The number of methoxy groups -OCH3 is 1. The summed E-state index contributed by atoms with van der Waals surface area (Å²) >= 11 is 0. The van der Waals surface area contributed by atoms with Crippen LogP contribution in [0.1, 0.15) is 13.8 Å². The van der Waals surface area contributed by atoms with E-state index in [1.165, 1.54) is 13.8 Å². The second-order valence-electron chi connectivity index (χ2n) is 3.05. The van der Waals surface area contributed by atoms with Gasteiger partial charge in [-0.05, 0) is 13.8 Å². The molecule has 0 aliphatic carbocycles. The molecular weight excluding hydrogens is 188 g/mol. The molecule has 0 saturated carbocycles. The average molecular weight is 202 g/mol. The fraction of sp³-hybridized carbons (Fsp3) is 0.556. The first-order valence-electron chi connectivity index (χ1n) is 3.95. The molecule has 0 aromatic rings. The van der Waals surface area contributed by atoms with Crippen molar-refractivity contribution in [3.8, 4) is 0 Å². The van der Waals surface area contributed by atoms with Gasteiger partial charge in [0.05, 0.1) is 13.7 Å². The summed E-state index contributed by atoms with van der Waals surface area (Å²) in [5.41, 5.74) is -1.52. The highest BCUT2D eigenvalue weighted by Crippen LogP contribution is 2.13. The quantitative estimate of drug-likeness (QED) is 0.514. The zero-order valence-electron chi connectivity index (χ0n) is 8.49. The number of hydrogen-bond donors (Lipinski definition) is 1. The van der Waals surface area contributed by atoms with Gasteiger partial charge in [-0.2, -0.15) is 0 Å². The van der Waals surface area contributed by atoms with Crippen molar-refractivity contribution >= 4 is 11.9 Å². The summed E-state index contributed by atoms with van der Waals surface area (Å²) in [5, 5.41) is 8.91. The average Bonchev–Trinajstić information content (AvgIpc) is 2.15. The van der Waals surface area contributed by atoms with Crippen molar-refractivity contribution in [2.24, 2.45) is 0 Å². The molecule has 0 saturated heterocycles. The largest absolute Gasteiger partial charge is 0.466 e. The van der Waals surface area contributed by atoms with Crippen molar-refractivity contribution in [3.63, 3.8) is 0 Å². The molecule has 0 fully saturated rings. The number of aliphatic hydroxyl groups excluding tert-OH is 1. The van der Waals surface area contributed by atoms with Crippen molar-refractivity contribution in [1.29, 1.82) is 0 Å². The first kappa shape index (κ1) is 12.6. The van der Waals surface area contributed by atoms with Crippen LogP contribution in [0.15, 0.2) is 12.2 Å². The summed E-state index contributed by atoms with van der Waals surface area (Å²) in [6, 6.07) is 0. The van der Waals surface area contributed by atoms with Crippen LogP contribution in [0.2, 0.25) is 0 Å². The Hall–Kier alpha value is -1.36. The Balaban J connectivity index is 4.64. The lowest BCUT2D eigenvalue weighted by molar-refractivity contribution is -0.180. The third-order valence-electron chi connectivity index (χ3n) is 1.59. The molecule has 14 heavy (non-hydrogen) atoms. The summed E-state index contributed by atoms with van der Waals surface area (Å²) in [7, 11) is 1.14. The minimum absolute atomic E-state index is 0.147. The smallest absolute Gasteiger partial charge is 0.352 e. The minimum Gasteiger partial charge on any atom is -0.466 e. The van der Waals surface area contributed by atoms with E-state index in [1.807, 2.05) is 0 Å². The Morgan fingerprint density at radius 1 is 1.50 bits per heavy atom. The zero-order valence-corrected chi connectivity index (χ0v) is 8.49. The molecule has 5 nitrogen and oxygen atoms in total. The lowest BCUT2D eigenvalue weighted by atomic mass is 10.1. The van der Waals surface area contributed by atoms with Gasteiger partial charge in [-0.1, -0.05) is 6.58 Å². The van der Waals surface area contributed by atoms with E-state index in [9.17, 15) is 9.59 Å². The maximum atomic E-state index is 11.1. The molecular formula is C9H14O5. The van der Waals surface area contributed by atoms with Crippen LogP contribution in [0.3, 0.4) is 0 Å². The molecule has 1 atom stereocenters. The van der Waals surface area contributed by atoms with E-state index in [2.05, 4.69) is 11.3 Å². The minimum atomic E-state index is -1.66. The van der Waals surface area contributed by atoms with Crippen molar-refractivity contribution < 1.29 is 24.2 Å². The molecule has 0 bridgehead atoms. The van der Waals surface area contributed by atoms with Gasteiger partial charge in [-0.15, -0.1) is 0 Å². The van der Waals surface area contributed by atoms with Gasteiger partial charge in [0.25, 0.3) is 0 Å². The van der Waals surface area contributed by atoms with Gasteiger partial charge in [-0.25, -0.2) is 9.59 Å². The molecule has 80 valence electrons. The van der Waals surface area contributed by atoms with Crippen LogP contribution in [0.25, 0.3) is 0 Å². The Morgan fingerprint density at radius 2 is 2.00 bits per heavy atom. The van der Waals surface area contributed by atoms with Gasteiger partial charge in [0.15, 0.2) is 0 Å². The lowest BCUT2D eigenvalue weighted by Gasteiger charge is -2.24. The molecule has 0 amide bonds. The van der Waals surface area contributed by atoms with Crippen molar-refractivity contribution in [2.75, 3.05) is 13.7 Å². The van der Waals surface area contributed by atoms with Crippen LogP contribution >= 0.6 is 0 Å². The predicted molar refractivity (Wildman–Crippen MR) is 48.4 cm³/mol. The molecule has 0 radical (unpaired) electrons. The number of rotatable bonds is 4. The molecule has 0 aliphatic heterocycles. The highest BCUT2D eigenvalue weighted by Gasteiger charge is 2.38. The Bertz CT molecular complexity index is 258. The number of ether oxygens (including phenoxy) is 2. The third-order valence-corrected chi connectivity index (χ3v) is 1.59. The van der Waals surface area contributed by atoms with E-state index in [-0.39, 0.29) is 5.57 Å². The number of carbonyl (C=O) groups is 2. The summed E-state index contributed by atoms with van der Waals surface area (Å²) in [5.74, 6) is -1.55. The van der Waals surface area contributed by atoms with Crippen molar-refractivity contribution in [1.82, 2.24) is 0 Å². The topological polar surface area (TPSA) is 72.8 Å². The van der Waals surface area contributed by atoms with Crippen LogP contribution < -0.4 is 0 Å². The van der Waals surface area contributed by atoms with Crippen LogP contribution in [0.4, 0.5) is 0 Å². The second kappa shape index (κ2) is 4.76. The summed E-state index contributed by atoms with van der Waals surface area (Å²) in [6.07, 6.45) is 0. The molecule has 0 aromatic heterocycles. The van der Waals surface area contributed by atoms with Gasteiger partial charge < -0.3 is 14.6 Å². The van der Waals surface area contributed by atoms with Gasteiger partial charge in [0.1, 0.15) is 0 Å². The van der Waals surface area contributed by atoms with E-state index < -0.39 is 24.1 Å². The third kappa shape index (κ3) is 2.85. The van der Waals surface area contributed by atoms with E-state index in [1.54, 1.807) is 0 Å². The van der Waals surface area contributed by atoms with Crippen LogP contribution in [-0.4, -0.2) is 36.4 Å². The van der Waals surface area contributed by atoms with E-state index in [4.69, 9.17) is 9.84 Å². The zero-order chi connectivity index (χ0) is 11.4. The number of aliphatic hydroxyl groups is 1. The van der Waals surface area contributed by atoms with Crippen molar-refractivity contribution in [2.45, 2.75) is 19.4 Å². The Labute approximate surface area is 82.3 Å². The molecule has 1 N–H and O–H groups in total. The Kier molecular flexibility index (Phi) is 4.30. The van der Waals surface area contributed by atoms with E-state index in [0.29, 0.717) is 0 Å². The van der Waals surface area contributed by atoms with E-state index in [0.717, 1.165) is 7.11 Å². The molecule has 5 heteroatoms. The molecule has 1 unspecified atom stereocenters. The maximum Gasteiger partial charge on any atom is 0.352 e. The number of carbonyl (C=O) groups excluding carboxylic acids is 2. The van der Waals surface area contributed by atoms with Gasteiger partial charge >= 0.3 is 11.9 Å². The first-order valence-corrected chi connectivity index (χ1v) is 3.95. The van der Waals surface area contributed by atoms with Gasteiger partial charge in [0.2, 0.25) is 5.60 Å². The fourth-order valence-electron chi connectivity index (χ4n) is 0.646. The SMILES string of the molecule is C=C(C)C(=O)OC(C)(CO)C(=O)OC. The maximum absolute atomic E-state index is 11.1. The molecule has 0 spiro atoms. The molecule has 0 aliphatic rings. The summed E-state index contributed by atoms with van der Waals surface area (Å²) < 4.78 is 9.12. The highest BCUT2D eigenvalue weighted by atomic mass is 16.6. The second-order valence-corrected chi connectivity index (χ2v) is 3.05. The molecule has 0 aromatic carbocycles. The van der Waals surface area contributed by atoms with Crippen LogP contribution in [0.5, 0.6) is 0 Å². The number of hydrogen-bond acceptors (Lipinski definition) is 5. The summed E-state index contributed by atoms with van der Waals surface area (Å²) in [4.78, 5) is 22.2. The standard InChI is InChI=1S/C9H14O5/c1-6(2)7(11)14-9(3,5-10)8(12)13-4/h10H,1,5H2,2-4H3. The highest BCUT2D eigenvalue weighted by molar-refractivity contribution is 5.90. The van der Waals surface area contributed by atoms with E-state index >= 15 is 0 Å². The van der Waals surface area contributed by atoms with Crippen LogP contribution in [0, 0.1) is 0 Å². The van der Waals surface area contributed by atoms with Crippen molar-refractivity contribution in [3.05, 3.63) is 12.2 Å². The monoisotopic (exact) mass is 202 g/mol. The van der Waals surface area contributed by atoms with Gasteiger partial charge in [0, 0.05) is 5.57 Å². The predicted octanol–water partition coefficient (Wildman–Crippen LogP) is 0.0297. The van der Waals surface area contributed by atoms with Gasteiger partial charge in [-0.3, -0.25) is 0 Å². The fourth-order valence-corrected chi connectivity index (χ4v) is 0.646. The lowest BCUT2D eigenvalue weighted by Crippen LogP contribution is -2.44. The number of esters is 2. The molecule has 0 heterocycles. The normalized spacial score (nSPS) is 14.0.